The van der Waals surface area contributed by atoms with Gasteiger partial charge in [-0.05, 0) is 12.8 Å². The Balaban J connectivity index is 2.69. The van der Waals surface area contributed by atoms with Crippen LogP contribution >= 0.6 is 22.9 Å². The average molecular weight is 246 g/mol. The van der Waals surface area contributed by atoms with E-state index in [0.717, 1.165) is 6.42 Å². The summed E-state index contributed by atoms with van der Waals surface area (Å²) in [4.78, 5) is 4.66. The van der Waals surface area contributed by atoms with Crippen molar-refractivity contribution in [2.24, 2.45) is 5.92 Å². The zero-order chi connectivity index (χ0) is 11.6. The smallest absolute Gasteiger partial charge is 0.0931 e. The van der Waals surface area contributed by atoms with E-state index in [2.05, 4.69) is 38.1 Å². The highest BCUT2D eigenvalue weighted by atomic mass is 35.5. The van der Waals surface area contributed by atoms with Crippen LogP contribution in [0.15, 0.2) is 5.38 Å². The number of hydrogen-bond acceptors (Lipinski definition) is 2. The summed E-state index contributed by atoms with van der Waals surface area (Å²) in [5.41, 5.74) is 1.35. The van der Waals surface area contributed by atoms with E-state index in [1.807, 2.05) is 6.92 Å². The van der Waals surface area contributed by atoms with Crippen LogP contribution in [0.1, 0.15) is 45.3 Å². The molecule has 0 aromatic carbocycles. The van der Waals surface area contributed by atoms with Crippen molar-refractivity contribution in [3.63, 3.8) is 0 Å². The predicted octanol–water partition coefficient (Wildman–Crippen LogP) is 4.25. The highest BCUT2D eigenvalue weighted by Gasteiger charge is 2.19. The average Bonchev–Trinajstić information content (AvgIpc) is 2.51. The van der Waals surface area contributed by atoms with E-state index in [-0.39, 0.29) is 10.8 Å². The molecule has 2 unspecified atom stereocenters. The fourth-order valence-electron chi connectivity index (χ4n) is 1.19. The lowest BCUT2D eigenvalue weighted by atomic mass is 9.93. The van der Waals surface area contributed by atoms with Crippen LogP contribution in [-0.4, -0.2) is 10.4 Å². The Labute approximate surface area is 102 Å². The first-order valence-corrected chi connectivity index (χ1v) is 6.71. The van der Waals surface area contributed by atoms with Crippen molar-refractivity contribution in [1.29, 1.82) is 0 Å². The van der Waals surface area contributed by atoms with Gasteiger partial charge in [0, 0.05) is 22.6 Å². The molecule has 1 rings (SSSR count). The fourth-order valence-corrected chi connectivity index (χ4v) is 2.44. The molecule has 1 heterocycles. The van der Waals surface area contributed by atoms with Crippen molar-refractivity contribution in [1.82, 2.24) is 4.98 Å². The van der Waals surface area contributed by atoms with Gasteiger partial charge in [-0.3, -0.25) is 0 Å². The Morgan fingerprint density at radius 1 is 1.40 bits per heavy atom. The van der Waals surface area contributed by atoms with Crippen molar-refractivity contribution in [2.45, 2.75) is 51.8 Å². The minimum atomic E-state index is 0.157. The number of halogens is 1. The molecular weight excluding hydrogens is 226 g/mol. The summed E-state index contributed by atoms with van der Waals surface area (Å²) in [6, 6.07) is 0. The van der Waals surface area contributed by atoms with Gasteiger partial charge in [0.1, 0.15) is 0 Å². The van der Waals surface area contributed by atoms with E-state index in [9.17, 15) is 0 Å². The van der Waals surface area contributed by atoms with Crippen molar-refractivity contribution >= 4 is 22.9 Å². The summed E-state index contributed by atoms with van der Waals surface area (Å²) in [7, 11) is 0. The molecule has 1 aromatic rings. The highest BCUT2D eigenvalue weighted by molar-refractivity contribution is 7.09. The third kappa shape index (κ3) is 3.76. The fraction of sp³-hybridized carbons (Fsp3) is 0.750. The second-order valence-electron chi connectivity index (χ2n) is 5.24. The molecule has 0 aliphatic heterocycles. The molecule has 0 bridgehead atoms. The molecule has 0 spiro atoms. The first-order chi connectivity index (χ1) is 6.80. The van der Waals surface area contributed by atoms with Gasteiger partial charge in [-0.1, -0.05) is 27.7 Å². The quantitative estimate of drug-likeness (QED) is 0.726. The van der Waals surface area contributed by atoms with Gasteiger partial charge in [0.15, 0.2) is 0 Å². The topological polar surface area (TPSA) is 12.9 Å². The summed E-state index contributed by atoms with van der Waals surface area (Å²) >= 11 is 7.80. The Morgan fingerprint density at radius 3 is 2.40 bits per heavy atom. The maximum absolute atomic E-state index is 6.05. The van der Waals surface area contributed by atoms with Crippen molar-refractivity contribution in [3.8, 4) is 0 Å². The van der Waals surface area contributed by atoms with Gasteiger partial charge < -0.3 is 0 Å². The van der Waals surface area contributed by atoms with E-state index < -0.39 is 0 Å². The molecule has 0 N–H and O–H groups in total. The first-order valence-electron chi connectivity index (χ1n) is 5.39. The highest BCUT2D eigenvalue weighted by Crippen LogP contribution is 2.26. The van der Waals surface area contributed by atoms with Gasteiger partial charge in [0.25, 0.3) is 0 Å². The molecule has 1 aromatic heterocycles. The first kappa shape index (κ1) is 13.0. The predicted molar refractivity (Wildman–Crippen MR) is 69.0 cm³/mol. The van der Waals surface area contributed by atoms with E-state index in [1.165, 1.54) is 10.7 Å². The molecule has 86 valence electrons. The Kier molecular flexibility index (Phi) is 4.19. The molecule has 0 aliphatic carbocycles. The molecular formula is C12H20ClNS. The van der Waals surface area contributed by atoms with Gasteiger partial charge in [-0.25, -0.2) is 4.98 Å². The van der Waals surface area contributed by atoms with Gasteiger partial charge in [-0.2, -0.15) is 0 Å². The van der Waals surface area contributed by atoms with Crippen LogP contribution in [0.4, 0.5) is 0 Å². The van der Waals surface area contributed by atoms with E-state index in [4.69, 9.17) is 11.6 Å². The van der Waals surface area contributed by atoms with Crippen molar-refractivity contribution < 1.29 is 0 Å². The lowest BCUT2D eigenvalue weighted by Crippen LogP contribution is -2.13. The van der Waals surface area contributed by atoms with Gasteiger partial charge in [-0.15, -0.1) is 22.9 Å². The molecule has 1 nitrogen and oxygen atoms in total. The number of hydrogen-bond donors (Lipinski definition) is 0. The van der Waals surface area contributed by atoms with E-state index in [1.54, 1.807) is 11.3 Å². The number of rotatable bonds is 3. The molecule has 15 heavy (non-hydrogen) atoms. The van der Waals surface area contributed by atoms with Gasteiger partial charge in [0.05, 0.1) is 10.7 Å². The second kappa shape index (κ2) is 4.84. The molecule has 2 atom stereocenters. The second-order valence-corrected chi connectivity index (χ2v) is 6.87. The third-order valence-corrected chi connectivity index (χ3v) is 3.90. The number of thiazole rings is 1. The van der Waals surface area contributed by atoms with Crippen LogP contribution in [0.2, 0.25) is 0 Å². The number of aromatic nitrogens is 1. The monoisotopic (exact) mass is 245 g/mol. The van der Waals surface area contributed by atoms with E-state index in [0.29, 0.717) is 5.92 Å². The van der Waals surface area contributed by atoms with Crippen LogP contribution < -0.4 is 0 Å². The summed E-state index contributed by atoms with van der Waals surface area (Å²) in [6.07, 6.45) is 0.991. The Morgan fingerprint density at radius 2 is 2.00 bits per heavy atom. The minimum absolute atomic E-state index is 0.157. The van der Waals surface area contributed by atoms with Crippen LogP contribution in [0.5, 0.6) is 0 Å². The summed E-state index contributed by atoms with van der Waals surface area (Å²) in [6.45, 7) is 10.8. The molecule has 0 saturated heterocycles. The molecule has 0 fully saturated rings. The van der Waals surface area contributed by atoms with Gasteiger partial charge >= 0.3 is 0 Å². The molecule has 0 amide bonds. The number of alkyl halides is 1. The maximum atomic E-state index is 6.05. The largest absolute Gasteiger partial charge is 0.246 e. The maximum Gasteiger partial charge on any atom is 0.0931 e. The molecule has 0 radical (unpaired) electrons. The van der Waals surface area contributed by atoms with Crippen molar-refractivity contribution in [2.75, 3.05) is 0 Å². The van der Waals surface area contributed by atoms with Crippen LogP contribution in [0, 0.1) is 5.92 Å². The Bertz CT molecular complexity index is 312. The van der Waals surface area contributed by atoms with Gasteiger partial charge in [0.2, 0.25) is 0 Å². The lowest BCUT2D eigenvalue weighted by molar-refractivity contribution is 0.549. The zero-order valence-corrected chi connectivity index (χ0v) is 11.7. The number of nitrogens with zero attached hydrogens (tertiary/aromatic N) is 1. The molecule has 0 aliphatic rings. The standard InChI is InChI=1S/C12H20ClNS/c1-8(9(2)13)6-11-14-10(7-15-11)12(3,4)5/h7-9H,6H2,1-5H3. The summed E-state index contributed by atoms with van der Waals surface area (Å²) in [5.74, 6) is 0.491. The lowest BCUT2D eigenvalue weighted by Gasteiger charge is -2.15. The van der Waals surface area contributed by atoms with Crippen molar-refractivity contribution in [3.05, 3.63) is 16.1 Å². The van der Waals surface area contributed by atoms with Crippen LogP contribution in [0.25, 0.3) is 0 Å². The van der Waals surface area contributed by atoms with Crippen LogP contribution in [0.3, 0.4) is 0 Å². The minimum Gasteiger partial charge on any atom is -0.246 e. The molecule has 0 saturated carbocycles. The zero-order valence-electron chi connectivity index (χ0n) is 10.2. The van der Waals surface area contributed by atoms with Crippen LogP contribution in [-0.2, 0) is 11.8 Å². The third-order valence-electron chi connectivity index (χ3n) is 2.60. The normalized spacial score (nSPS) is 16.4. The molecule has 3 heteroatoms. The summed E-state index contributed by atoms with van der Waals surface area (Å²) < 4.78 is 0. The SMILES string of the molecule is CC(Cl)C(C)Cc1nc(C(C)(C)C)cs1. The Hall–Kier alpha value is -0.0800. The summed E-state index contributed by atoms with van der Waals surface area (Å²) in [5, 5.41) is 3.59. The van der Waals surface area contributed by atoms with E-state index >= 15 is 0 Å².